The van der Waals surface area contributed by atoms with Gasteiger partial charge in [0.2, 0.25) is 0 Å². The fourth-order valence-electron chi connectivity index (χ4n) is 3.92. The lowest BCUT2D eigenvalue weighted by Crippen LogP contribution is -2.42. The molecule has 2 fully saturated rings. The molecule has 2 aliphatic heterocycles. The number of sulfone groups is 1. The molecular formula is C18H28N2O2S. The molecule has 0 bridgehead atoms. The Morgan fingerprint density at radius 3 is 2.78 bits per heavy atom. The molecule has 0 spiro atoms. The van der Waals surface area contributed by atoms with Gasteiger partial charge >= 0.3 is 0 Å². The highest BCUT2D eigenvalue weighted by Gasteiger charge is 2.30. The van der Waals surface area contributed by atoms with Gasteiger partial charge in [0.1, 0.15) is 0 Å². The van der Waals surface area contributed by atoms with Crippen molar-refractivity contribution in [2.24, 2.45) is 5.92 Å². The van der Waals surface area contributed by atoms with E-state index in [4.69, 9.17) is 0 Å². The molecule has 1 N–H and O–H groups in total. The lowest BCUT2D eigenvalue weighted by molar-refractivity contribution is 0.254. The van der Waals surface area contributed by atoms with E-state index in [1.165, 1.54) is 12.0 Å². The van der Waals surface area contributed by atoms with E-state index in [0.717, 1.165) is 32.5 Å². The first kappa shape index (κ1) is 16.9. The van der Waals surface area contributed by atoms with Gasteiger partial charge in [-0.25, -0.2) is 8.42 Å². The number of rotatable bonds is 5. The number of benzene rings is 1. The van der Waals surface area contributed by atoms with E-state index in [1.54, 1.807) is 0 Å². The van der Waals surface area contributed by atoms with Crippen LogP contribution in [0.2, 0.25) is 0 Å². The van der Waals surface area contributed by atoms with E-state index < -0.39 is 9.84 Å². The van der Waals surface area contributed by atoms with E-state index >= 15 is 0 Å². The molecule has 0 aliphatic carbocycles. The summed E-state index contributed by atoms with van der Waals surface area (Å²) >= 11 is 0. The highest BCUT2D eigenvalue weighted by Crippen LogP contribution is 2.25. The van der Waals surface area contributed by atoms with Gasteiger partial charge in [0.25, 0.3) is 0 Å². The topological polar surface area (TPSA) is 49.4 Å². The second-order valence-corrected chi connectivity index (χ2v) is 9.46. The van der Waals surface area contributed by atoms with Crippen LogP contribution in [0.4, 0.5) is 0 Å². The van der Waals surface area contributed by atoms with Crippen molar-refractivity contribution in [2.75, 3.05) is 24.6 Å². The summed E-state index contributed by atoms with van der Waals surface area (Å²) in [7, 11) is -2.81. The predicted octanol–water partition coefficient (Wildman–Crippen LogP) is 2.06. The largest absolute Gasteiger partial charge is 0.313 e. The number of nitrogens with zero attached hydrogens (tertiary/aromatic N) is 1. The molecule has 0 radical (unpaired) electrons. The fourth-order valence-corrected chi connectivity index (χ4v) is 5.59. The second kappa shape index (κ2) is 7.32. The van der Waals surface area contributed by atoms with Crippen molar-refractivity contribution >= 4 is 9.84 Å². The van der Waals surface area contributed by atoms with Crippen LogP contribution in [0.15, 0.2) is 30.3 Å². The number of likely N-dealkylation sites (tertiary alicyclic amines) is 1. The fraction of sp³-hybridized carbons (Fsp3) is 0.667. The molecule has 2 saturated heterocycles. The number of hydrogen-bond donors (Lipinski definition) is 1. The maximum absolute atomic E-state index is 11.7. The van der Waals surface area contributed by atoms with Crippen molar-refractivity contribution in [2.45, 2.75) is 44.8 Å². The summed E-state index contributed by atoms with van der Waals surface area (Å²) in [6.07, 6.45) is 3.00. The minimum absolute atomic E-state index is 0.159. The molecular weight excluding hydrogens is 308 g/mol. The number of nitrogens with one attached hydrogen (secondary N) is 1. The first-order valence-corrected chi connectivity index (χ1v) is 10.6. The Hall–Kier alpha value is -0.910. The zero-order chi connectivity index (χ0) is 16.3. The molecule has 128 valence electrons. The molecule has 23 heavy (non-hydrogen) atoms. The third kappa shape index (κ3) is 4.78. The molecule has 0 saturated carbocycles. The summed E-state index contributed by atoms with van der Waals surface area (Å²) < 4.78 is 23.4. The number of hydrogen-bond acceptors (Lipinski definition) is 4. The van der Waals surface area contributed by atoms with Crippen molar-refractivity contribution in [3.63, 3.8) is 0 Å². The van der Waals surface area contributed by atoms with Gasteiger partial charge in [-0.05, 0) is 44.2 Å². The first-order valence-electron chi connectivity index (χ1n) is 8.73. The summed E-state index contributed by atoms with van der Waals surface area (Å²) in [5, 5.41) is 3.52. The minimum Gasteiger partial charge on any atom is -0.313 e. The second-order valence-electron chi connectivity index (χ2n) is 7.23. The first-order chi connectivity index (χ1) is 11.0. The molecule has 0 unspecified atom stereocenters. The Labute approximate surface area is 140 Å². The third-order valence-electron chi connectivity index (χ3n) is 5.18. The van der Waals surface area contributed by atoms with Crippen LogP contribution in [0, 0.1) is 5.92 Å². The van der Waals surface area contributed by atoms with Gasteiger partial charge in [0.15, 0.2) is 9.84 Å². The van der Waals surface area contributed by atoms with Gasteiger partial charge in [0.05, 0.1) is 11.5 Å². The lowest BCUT2D eigenvalue weighted by Gasteiger charge is -2.24. The average Bonchev–Trinajstić information content (AvgIpc) is 2.85. The lowest BCUT2D eigenvalue weighted by atomic mass is 10.1. The molecule has 0 aromatic heterocycles. The van der Waals surface area contributed by atoms with Crippen LogP contribution in [0.3, 0.4) is 0 Å². The van der Waals surface area contributed by atoms with Gasteiger partial charge in [-0.1, -0.05) is 30.3 Å². The highest BCUT2D eigenvalue weighted by molar-refractivity contribution is 7.91. The Morgan fingerprint density at radius 1 is 1.26 bits per heavy atom. The van der Waals surface area contributed by atoms with Crippen LogP contribution < -0.4 is 5.32 Å². The van der Waals surface area contributed by atoms with Gasteiger partial charge in [-0.3, -0.25) is 4.90 Å². The molecule has 1 aromatic carbocycles. The minimum atomic E-state index is -2.81. The monoisotopic (exact) mass is 336 g/mol. The van der Waals surface area contributed by atoms with Crippen molar-refractivity contribution in [1.82, 2.24) is 10.2 Å². The molecule has 2 heterocycles. The van der Waals surface area contributed by atoms with Crippen LogP contribution in [-0.4, -0.2) is 50.0 Å². The molecule has 0 amide bonds. The molecule has 3 rings (SSSR count). The molecule has 5 heteroatoms. The van der Waals surface area contributed by atoms with Crippen molar-refractivity contribution in [3.05, 3.63) is 35.9 Å². The van der Waals surface area contributed by atoms with Crippen LogP contribution in [-0.2, 0) is 16.4 Å². The van der Waals surface area contributed by atoms with Crippen LogP contribution in [0.25, 0.3) is 0 Å². The Morgan fingerprint density at radius 2 is 2.04 bits per heavy atom. The zero-order valence-corrected chi connectivity index (χ0v) is 14.8. The molecule has 2 aliphatic rings. The average molecular weight is 337 g/mol. The van der Waals surface area contributed by atoms with Crippen LogP contribution >= 0.6 is 0 Å². The molecule has 3 atom stereocenters. The summed E-state index contributed by atoms with van der Waals surface area (Å²) in [5.74, 6) is 1.32. The molecule has 4 nitrogen and oxygen atoms in total. The SMILES string of the molecule is C[C@@H]1C[C@@H](CN[C@@H]2CCCS(=O)(=O)C2)CN1Cc1ccccc1. The Balaban J connectivity index is 1.47. The summed E-state index contributed by atoms with van der Waals surface area (Å²) in [5.41, 5.74) is 1.37. The van der Waals surface area contributed by atoms with Gasteiger partial charge in [-0.15, -0.1) is 0 Å². The Bertz CT molecular complexity index is 603. The van der Waals surface area contributed by atoms with Crippen molar-refractivity contribution in [1.29, 1.82) is 0 Å². The maximum Gasteiger partial charge on any atom is 0.151 e. The zero-order valence-electron chi connectivity index (χ0n) is 13.9. The van der Waals surface area contributed by atoms with Gasteiger partial charge in [0, 0.05) is 25.2 Å². The Kier molecular flexibility index (Phi) is 5.39. The van der Waals surface area contributed by atoms with E-state index in [-0.39, 0.29) is 6.04 Å². The van der Waals surface area contributed by atoms with Crippen LogP contribution in [0.1, 0.15) is 31.7 Å². The van der Waals surface area contributed by atoms with Gasteiger partial charge in [-0.2, -0.15) is 0 Å². The van der Waals surface area contributed by atoms with E-state index in [0.29, 0.717) is 23.5 Å². The summed E-state index contributed by atoms with van der Waals surface area (Å²) in [6.45, 7) is 5.35. The molecule has 1 aromatic rings. The maximum atomic E-state index is 11.7. The van der Waals surface area contributed by atoms with E-state index in [9.17, 15) is 8.42 Å². The highest BCUT2D eigenvalue weighted by atomic mass is 32.2. The normalized spacial score (nSPS) is 31.3. The van der Waals surface area contributed by atoms with Crippen LogP contribution in [0.5, 0.6) is 0 Å². The van der Waals surface area contributed by atoms with Crippen molar-refractivity contribution < 1.29 is 8.42 Å². The van der Waals surface area contributed by atoms with Gasteiger partial charge < -0.3 is 5.32 Å². The van der Waals surface area contributed by atoms with E-state index in [1.807, 2.05) is 0 Å². The van der Waals surface area contributed by atoms with Crippen molar-refractivity contribution in [3.8, 4) is 0 Å². The summed E-state index contributed by atoms with van der Waals surface area (Å²) in [6, 6.07) is 11.4. The predicted molar refractivity (Wildman–Crippen MR) is 94.1 cm³/mol. The summed E-state index contributed by atoms with van der Waals surface area (Å²) in [4.78, 5) is 2.54. The quantitative estimate of drug-likeness (QED) is 0.894. The third-order valence-corrected chi connectivity index (χ3v) is 7.00. The van der Waals surface area contributed by atoms with E-state index in [2.05, 4.69) is 47.5 Å². The smallest absolute Gasteiger partial charge is 0.151 e. The standard InChI is InChI=1S/C18H28N2O2S/c1-15-10-17(11-19-18-8-5-9-23(21,22)14-18)13-20(15)12-16-6-3-2-4-7-16/h2-4,6-7,15,17-19H,5,8-14H2,1H3/t15-,17+,18-/m1/s1.